The van der Waals surface area contributed by atoms with Gasteiger partial charge >= 0.3 is 0 Å². The van der Waals surface area contributed by atoms with E-state index in [1.807, 2.05) is 28.9 Å². The van der Waals surface area contributed by atoms with Gasteiger partial charge in [0.05, 0.1) is 5.52 Å². The molecule has 0 fully saturated rings. The van der Waals surface area contributed by atoms with Crippen LogP contribution in [0, 0.1) is 6.20 Å². The first-order chi connectivity index (χ1) is 8.06. The molecule has 0 aliphatic carbocycles. The first-order valence-corrected chi connectivity index (χ1v) is 9.68. The number of benzene rings is 1. The third kappa shape index (κ3) is 3.41. The van der Waals surface area contributed by atoms with Crippen molar-refractivity contribution in [3.63, 3.8) is 0 Å². The van der Waals surface area contributed by atoms with E-state index < -0.39 is 8.07 Å². The maximum Gasteiger partial charge on any atom is 0.140 e. The van der Waals surface area contributed by atoms with Crippen LogP contribution < -0.4 is 0 Å². The van der Waals surface area contributed by atoms with Gasteiger partial charge in [0.1, 0.15) is 12.9 Å². The molecule has 0 unspecified atom stereocenters. The lowest BCUT2D eigenvalue weighted by Gasteiger charge is -2.15. The molecule has 91 valence electrons. The number of nitrogens with zero attached hydrogens (tertiary/aromatic N) is 2. The molecule has 0 spiro atoms. The van der Waals surface area contributed by atoms with Gasteiger partial charge in [0.2, 0.25) is 0 Å². The average molecular weight is 247 g/mol. The van der Waals surface area contributed by atoms with Crippen molar-refractivity contribution >= 4 is 19.0 Å². The monoisotopic (exact) mass is 247 g/mol. The quantitative estimate of drug-likeness (QED) is 0.599. The van der Waals surface area contributed by atoms with E-state index in [0.717, 1.165) is 17.5 Å². The first-order valence-electron chi connectivity index (χ1n) is 5.97. The van der Waals surface area contributed by atoms with Crippen LogP contribution in [0.5, 0.6) is 0 Å². The molecule has 0 N–H and O–H groups in total. The Balaban J connectivity index is 1.91. The van der Waals surface area contributed by atoms with Gasteiger partial charge < -0.3 is 4.74 Å². The lowest BCUT2D eigenvalue weighted by Crippen LogP contribution is -2.22. The molecule has 0 atom stereocenters. The van der Waals surface area contributed by atoms with E-state index in [4.69, 9.17) is 4.74 Å². The van der Waals surface area contributed by atoms with Crippen LogP contribution in [0.3, 0.4) is 0 Å². The molecule has 2 aromatic rings. The van der Waals surface area contributed by atoms with Gasteiger partial charge in [-0.15, -0.1) is 0 Å². The van der Waals surface area contributed by atoms with Crippen LogP contribution in [0.2, 0.25) is 25.7 Å². The van der Waals surface area contributed by atoms with Crippen LogP contribution in [0.1, 0.15) is 0 Å². The van der Waals surface area contributed by atoms with Crippen LogP contribution in [-0.4, -0.2) is 24.5 Å². The predicted molar refractivity (Wildman–Crippen MR) is 72.7 cm³/mol. The minimum atomic E-state index is -0.995. The molecule has 1 radical (unpaired) electrons. The average Bonchev–Trinajstić information content (AvgIpc) is 2.67. The first kappa shape index (κ1) is 12.3. The fourth-order valence-corrected chi connectivity index (χ4v) is 2.35. The summed E-state index contributed by atoms with van der Waals surface area (Å²) in [4.78, 5) is 0. The van der Waals surface area contributed by atoms with Crippen LogP contribution in [-0.2, 0) is 11.5 Å². The van der Waals surface area contributed by atoms with Gasteiger partial charge in [0, 0.05) is 20.1 Å². The van der Waals surface area contributed by atoms with Crippen LogP contribution in [0.25, 0.3) is 10.9 Å². The molecule has 1 aromatic carbocycles. The Kier molecular flexibility index (Phi) is 3.64. The molecule has 3 nitrogen and oxygen atoms in total. The predicted octanol–water partition coefficient (Wildman–Crippen LogP) is 3.15. The number of aromatic nitrogens is 2. The van der Waals surface area contributed by atoms with Crippen LogP contribution in [0.15, 0.2) is 24.3 Å². The van der Waals surface area contributed by atoms with E-state index in [1.165, 1.54) is 6.04 Å². The van der Waals surface area contributed by atoms with Crippen molar-refractivity contribution in [2.75, 3.05) is 6.61 Å². The zero-order valence-corrected chi connectivity index (χ0v) is 11.7. The van der Waals surface area contributed by atoms with Crippen molar-refractivity contribution in [2.45, 2.75) is 32.4 Å². The van der Waals surface area contributed by atoms with Gasteiger partial charge in [0.25, 0.3) is 0 Å². The van der Waals surface area contributed by atoms with E-state index in [-0.39, 0.29) is 0 Å². The van der Waals surface area contributed by atoms with E-state index in [0.29, 0.717) is 6.73 Å². The zero-order valence-electron chi connectivity index (χ0n) is 10.7. The summed E-state index contributed by atoms with van der Waals surface area (Å²) in [6, 6.07) is 9.25. The van der Waals surface area contributed by atoms with Gasteiger partial charge in [-0.05, 0) is 12.1 Å². The summed E-state index contributed by atoms with van der Waals surface area (Å²) in [5.74, 6) is 0. The standard InChI is InChI=1S/C13H19N2OSi/c1-17(2,3)9-8-16-11-15-13-7-5-4-6-12(13)10-14-15/h4-7H,8-9,11H2,1-3H3. The van der Waals surface area contributed by atoms with E-state index in [1.54, 1.807) is 0 Å². The molecular formula is C13H19N2OSi. The molecule has 0 bridgehead atoms. The van der Waals surface area contributed by atoms with Gasteiger partial charge in [-0.2, -0.15) is 5.10 Å². The lowest BCUT2D eigenvalue weighted by molar-refractivity contribution is 0.0816. The van der Waals surface area contributed by atoms with E-state index >= 15 is 0 Å². The number of hydrogen-bond acceptors (Lipinski definition) is 2. The Hall–Kier alpha value is -1.13. The minimum Gasteiger partial charge on any atom is -0.360 e. The Morgan fingerprint density at radius 2 is 2.06 bits per heavy atom. The molecule has 17 heavy (non-hydrogen) atoms. The van der Waals surface area contributed by atoms with Crippen LogP contribution >= 0.6 is 0 Å². The summed E-state index contributed by atoms with van der Waals surface area (Å²) < 4.78 is 7.54. The maximum absolute atomic E-state index is 5.68. The Morgan fingerprint density at radius 1 is 1.29 bits per heavy atom. The van der Waals surface area contributed by atoms with Crippen LogP contribution in [0.4, 0.5) is 0 Å². The van der Waals surface area contributed by atoms with Crippen molar-refractivity contribution in [3.05, 3.63) is 30.5 Å². The molecule has 2 rings (SSSR count). The van der Waals surface area contributed by atoms with E-state index in [2.05, 4.69) is 30.9 Å². The van der Waals surface area contributed by atoms with Gasteiger partial charge in [-0.3, -0.25) is 0 Å². The molecule has 0 saturated heterocycles. The second-order valence-corrected chi connectivity index (χ2v) is 11.1. The molecule has 1 heterocycles. The summed E-state index contributed by atoms with van der Waals surface area (Å²) in [6.45, 7) is 8.41. The highest BCUT2D eigenvalue weighted by Crippen LogP contribution is 2.12. The highest BCUT2D eigenvalue weighted by Gasteiger charge is 2.12. The minimum absolute atomic E-state index is 0.522. The van der Waals surface area contributed by atoms with E-state index in [9.17, 15) is 0 Å². The third-order valence-electron chi connectivity index (χ3n) is 2.68. The smallest absolute Gasteiger partial charge is 0.140 e. The molecular weight excluding hydrogens is 228 g/mol. The highest BCUT2D eigenvalue weighted by atomic mass is 28.3. The lowest BCUT2D eigenvalue weighted by atomic mass is 10.3. The number of ether oxygens (including phenoxy) is 1. The molecule has 0 amide bonds. The molecule has 0 saturated carbocycles. The Morgan fingerprint density at radius 3 is 2.82 bits per heavy atom. The summed E-state index contributed by atoms with van der Waals surface area (Å²) >= 11 is 0. The number of rotatable bonds is 5. The van der Waals surface area contributed by atoms with Gasteiger partial charge in [0.15, 0.2) is 0 Å². The molecule has 0 aliphatic rings. The number of para-hydroxylation sites is 1. The summed E-state index contributed by atoms with van der Waals surface area (Å²) in [5, 5.41) is 5.25. The normalized spacial score (nSPS) is 12.2. The maximum atomic E-state index is 5.68. The topological polar surface area (TPSA) is 27.1 Å². The van der Waals surface area contributed by atoms with Gasteiger partial charge in [-0.1, -0.05) is 37.8 Å². The largest absolute Gasteiger partial charge is 0.360 e. The molecule has 0 aliphatic heterocycles. The Bertz CT molecular complexity index is 487. The third-order valence-corrected chi connectivity index (χ3v) is 4.39. The number of hydrogen-bond donors (Lipinski definition) is 0. The molecule has 1 aromatic heterocycles. The SMILES string of the molecule is C[Si](C)(C)CCOCn1n[c]c2ccccc21. The second-order valence-electron chi connectivity index (χ2n) is 5.48. The zero-order chi connectivity index (χ0) is 12.3. The summed E-state index contributed by atoms with van der Waals surface area (Å²) in [7, 11) is -0.995. The van der Waals surface area contributed by atoms with Crippen molar-refractivity contribution in [1.29, 1.82) is 0 Å². The van der Waals surface area contributed by atoms with Crippen molar-refractivity contribution in [3.8, 4) is 0 Å². The molecule has 4 heteroatoms. The highest BCUT2D eigenvalue weighted by molar-refractivity contribution is 6.76. The fourth-order valence-electron chi connectivity index (χ4n) is 1.59. The summed E-state index contributed by atoms with van der Waals surface area (Å²) in [6.07, 6.45) is 2.99. The van der Waals surface area contributed by atoms with Gasteiger partial charge in [-0.25, -0.2) is 4.68 Å². The second kappa shape index (κ2) is 5.02. The van der Waals surface area contributed by atoms with Crippen molar-refractivity contribution in [1.82, 2.24) is 9.78 Å². The Labute approximate surface area is 103 Å². The fraction of sp³-hybridized carbons (Fsp3) is 0.462. The van der Waals surface area contributed by atoms with Crippen molar-refractivity contribution < 1.29 is 4.74 Å². The summed E-state index contributed by atoms with van der Waals surface area (Å²) in [5.41, 5.74) is 1.08. The number of fused-ring (bicyclic) bond motifs is 1. The van der Waals surface area contributed by atoms with Crippen molar-refractivity contribution in [2.24, 2.45) is 0 Å².